The highest BCUT2D eigenvalue weighted by Crippen LogP contribution is 2.49. The molecule has 2 aliphatic rings. The van der Waals surface area contributed by atoms with Crippen LogP contribution in [-0.4, -0.2) is 5.97 Å². The Balaban J connectivity index is 1.69. The Morgan fingerprint density at radius 1 is 1.07 bits per heavy atom. The van der Waals surface area contributed by atoms with Crippen molar-refractivity contribution < 1.29 is 14.3 Å². The lowest BCUT2D eigenvalue weighted by molar-refractivity contribution is -0.139. The van der Waals surface area contributed by atoms with E-state index in [9.17, 15) is 4.79 Å². The van der Waals surface area contributed by atoms with Gasteiger partial charge in [-0.2, -0.15) is 0 Å². The first kappa shape index (κ1) is 18.8. The van der Waals surface area contributed by atoms with Gasteiger partial charge in [0.25, 0.3) is 0 Å². The van der Waals surface area contributed by atoms with Crippen molar-refractivity contribution in [2.75, 3.05) is 0 Å². The fourth-order valence-corrected chi connectivity index (χ4v) is 4.91. The van der Waals surface area contributed by atoms with Crippen LogP contribution in [-0.2, 0) is 22.6 Å². The van der Waals surface area contributed by atoms with E-state index in [1.165, 1.54) is 33.4 Å². The molecule has 1 aliphatic heterocycles. The third kappa shape index (κ3) is 2.94. The molecule has 0 spiro atoms. The van der Waals surface area contributed by atoms with E-state index in [2.05, 4.69) is 59.4 Å². The Bertz CT molecular complexity index is 976. The summed E-state index contributed by atoms with van der Waals surface area (Å²) in [4.78, 5) is 12.1. The van der Waals surface area contributed by atoms with Crippen LogP contribution >= 0.6 is 0 Å². The van der Waals surface area contributed by atoms with Crippen LogP contribution in [0.5, 0.6) is 5.75 Å². The number of hydrogen-bond acceptors (Lipinski definition) is 3. The Kier molecular flexibility index (Phi) is 4.57. The SMILES string of the molecule is C=C1C(=O)OC2c3c(C)c(OCc4c(C)cc(C)cc4C)cc(C)c3CC[C@@H]12. The minimum absolute atomic E-state index is 0.0925. The summed E-state index contributed by atoms with van der Waals surface area (Å²) in [5.74, 6) is 0.719. The largest absolute Gasteiger partial charge is 0.489 e. The van der Waals surface area contributed by atoms with Crippen LogP contribution < -0.4 is 4.74 Å². The van der Waals surface area contributed by atoms with Gasteiger partial charge in [-0.25, -0.2) is 4.79 Å². The molecule has 2 aromatic carbocycles. The average molecular weight is 376 g/mol. The molecule has 3 nitrogen and oxygen atoms in total. The van der Waals surface area contributed by atoms with Gasteiger partial charge in [-0.3, -0.25) is 0 Å². The Morgan fingerprint density at radius 3 is 2.43 bits per heavy atom. The molecule has 2 aromatic rings. The van der Waals surface area contributed by atoms with Crippen LogP contribution in [0.4, 0.5) is 0 Å². The molecule has 146 valence electrons. The number of hydrogen-bond donors (Lipinski definition) is 0. The molecule has 1 aliphatic carbocycles. The van der Waals surface area contributed by atoms with Crippen LogP contribution in [0, 0.1) is 40.5 Å². The molecular weight excluding hydrogens is 348 g/mol. The quantitative estimate of drug-likeness (QED) is 0.522. The van der Waals surface area contributed by atoms with Gasteiger partial charge in [0, 0.05) is 17.1 Å². The van der Waals surface area contributed by atoms with E-state index in [0.717, 1.165) is 29.7 Å². The van der Waals surface area contributed by atoms with Gasteiger partial charge in [0.05, 0.1) is 0 Å². The third-order valence-electron chi connectivity index (χ3n) is 6.43. The summed E-state index contributed by atoms with van der Waals surface area (Å²) in [6.07, 6.45) is 1.66. The molecule has 1 saturated heterocycles. The van der Waals surface area contributed by atoms with E-state index in [4.69, 9.17) is 9.47 Å². The van der Waals surface area contributed by atoms with Crippen molar-refractivity contribution in [3.05, 3.63) is 74.9 Å². The number of rotatable bonds is 3. The number of fused-ring (bicyclic) bond motifs is 3. The molecule has 1 heterocycles. The first-order valence-electron chi connectivity index (χ1n) is 10.00. The zero-order chi connectivity index (χ0) is 20.2. The molecule has 2 atom stereocenters. The average Bonchev–Trinajstić information content (AvgIpc) is 2.92. The summed E-state index contributed by atoms with van der Waals surface area (Å²) in [6, 6.07) is 6.54. The molecule has 0 bridgehead atoms. The molecule has 0 aromatic heterocycles. The van der Waals surface area contributed by atoms with Crippen molar-refractivity contribution in [2.24, 2.45) is 5.92 Å². The first-order valence-corrected chi connectivity index (χ1v) is 10.00. The smallest absolute Gasteiger partial charge is 0.334 e. The zero-order valence-corrected chi connectivity index (χ0v) is 17.4. The molecule has 0 amide bonds. The third-order valence-corrected chi connectivity index (χ3v) is 6.43. The lowest BCUT2D eigenvalue weighted by atomic mass is 9.76. The van der Waals surface area contributed by atoms with E-state index in [0.29, 0.717) is 12.2 Å². The van der Waals surface area contributed by atoms with Crippen molar-refractivity contribution in [1.82, 2.24) is 0 Å². The second-order valence-corrected chi connectivity index (χ2v) is 8.37. The second-order valence-electron chi connectivity index (χ2n) is 8.37. The maximum atomic E-state index is 12.1. The van der Waals surface area contributed by atoms with Crippen LogP contribution in [0.2, 0.25) is 0 Å². The molecule has 0 radical (unpaired) electrons. The lowest BCUT2D eigenvalue weighted by Crippen LogP contribution is -2.20. The summed E-state index contributed by atoms with van der Waals surface area (Å²) in [6.45, 7) is 15.1. The number of ether oxygens (including phenoxy) is 2. The highest BCUT2D eigenvalue weighted by molar-refractivity contribution is 5.91. The Hall–Kier alpha value is -2.55. The van der Waals surface area contributed by atoms with Crippen LogP contribution in [0.1, 0.15) is 57.0 Å². The fraction of sp³-hybridized carbons (Fsp3) is 0.400. The van der Waals surface area contributed by atoms with E-state index < -0.39 is 0 Å². The summed E-state index contributed by atoms with van der Waals surface area (Å²) in [7, 11) is 0. The monoisotopic (exact) mass is 376 g/mol. The normalized spacial score (nSPS) is 20.6. The zero-order valence-electron chi connectivity index (χ0n) is 17.4. The summed E-state index contributed by atoms with van der Waals surface area (Å²) >= 11 is 0. The van der Waals surface area contributed by atoms with Crippen molar-refractivity contribution in [2.45, 2.75) is 60.2 Å². The molecule has 28 heavy (non-hydrogen) atoms. The predicted molar refractivity (Wildman–Crippen MR) is 111 cm³/mol. The van der Waals surface area contributed by atoms with E-state index in [1.54, 1.807) is 0 Å². The number of esters is 1. The van der Waals surface area contributed by atoms with Crippen molar-refractivity contribution in [3.63, 3.8) is 0 Å². The van der Waals surface area contributed by atoms with Gasteiger partial charge in [0.2, 0.25) is 0 Å². The van der Waals surface area contributed by atoms with Gasteiger partial charge in [0.15, 0.2) is 0 Å². The number of carbonyl (C=O) groups excluding carboxylic acids is 1. The molecular formula is C25H28O3. The molecule has 4 rings (SSSR count). The van der Waals surface area contributed by atoms with Crippen LogP contribution in [0.15, 0.2) is 30.4 Å². The van der Waals surface area contributed by atoms with Crippen molar-refractivity contribution >= 4 is 5.97 Å². The second kappa shape index (κ2) is 6.80. The number of aryl methyl sites for hydroxylation is 4. The molecule has 0 N–H and O–H groups in total. The van der Waals surface area contributed by atoms with Gasteiger partial charge in [0.1, 0.15) is 18.5 Å². The maximum absolute atomic E-state index is 12.1. The van der Waals surface area contributed by atoms with E-state index in [-0.39, 0.29) is 18.0 Å². The summed E-state index contributed by atoms with van der Waals surface area (Å²) in [5, 5.41) is 0. The van der Waals surface area contributed by atoms with Gasteiger partial charge in [-0.15, -0.1) is 0 Å². The van der Waals surface area contributed by atoms with Crippen molar-refractivity contribution in [3.8, 4) is 5.75 Å². The van der Waals surface area contributed by atoms with E-state index >= 15 is 0 Å². The minimum Gasteiger partial charge on any atom is -0.489 e. The molecule has 3 heteroatoms. The molecule has 1 fully saturated rings. The fourth-order valence-electron chi connectivity index (χ4n) is 4.91. The highest BCUT2D eigenvalue weighted by atomic mass is 16.6. The molecule has 1 unspecified atom stereocenters. The summed E-state index contributed by atoms with van der Waals surface area (Å²) < 4.78 is 12.0. The molecule has 0 saturated carbocycles. The Labute approximate surface area is 167 Å². The van der Waals surface area contributed by atoms with Gasteiger partial charge in [-0.1, -0.05) is 24.3 Å². The van der Waals surface area contributed by atoms with Crippen molar-refractivity contribution in [1.29, 1.82) is 0 Å². The number of benzene rings is 2. The van der Waals surface area contributed by atoms with Gasteiger partial charge < -0.3 is 9.47 Å². The topological polar surface area (TPSA) is 35.5 Å². The lowest BCUT2D eigenvalue weighted by Gasteiger charge is -2.30. The number of carbonyl (C=O) groups is 1. The first-order chi connectivity index (χ1) is 13.3. The van der Waals surface area contributed by atoms with Crippen LogP contribution in [0.3, 0.4) is 0 Å². The van der Waals surface area contributed by atoms with Gasteiger partial charge >= 0.3 is 5.97 Å². The van der Waals surface area contributed by atoms with Crippen LogP contribution in [0.25, 0.3) is 0 Å². The minimum atomic E-state index is -0.253. The van der Waals surface area contributed by atoms with Gasteiger partial charge in [-0.05, 0) is 86.9 Å². The maximum Gasteiger partial charge on any atom is 0.334 e. The predicted octanol–water partition coefficient (Wildman–Crippen LogP) is 5.52. The standard InChI is InChI=1S/C25H28O3/c1-13-9-14(2)21(15(3)10-13)12-27-22-11-16(4)19-7-8-20-17(5)25(26)28-24(20)23(19)18(22)6/h9-11,20,24H,5,7-8,12H2,1-4,6H3/t20-,24?/m0/s1. The summed E-state index contributed by atoms with van der Waals surface area (Å²) in [5.41, 5.74) is 10.4. The Morgan fingerprint density at radius 2 is 1.75 bits per heavy atom. The highest BCUT2D eigenvalue weighted by Gasteiger charge is 2.44. The van der Waals surface area contributed by atoms with E-state index in [1.807, 2.05) is 0 Å².